The van der Waals surface area contributed by atoms with Gasteiger partial charge >= 0.3 is 5.97 Å². The number of amides is 1. The van der Waals surface area contributed by atoms with Crippen LogP contribution < -0.4 is 14.9 Å². The lowest BCUT2D eigenvalue weighted by Crippen LogP contribution is -2.24. The van der Waals surface area contributed by atoms with Crippen LogP contribution in [0.5, 0.6) is 11.5 Å². The van der Waals surface area contributed by atoms with E-state index < -0.39 is 11.9 Å². The molecule has 0 bridgehead atoms. The molecule has 0 atom stereocenters. The minimum absolute atomic E-state index is 0.198. The molecule has 1 amide bonds. The highest BCUT2D eigenvalue weighted by Crippen LogP contribution is 2.23. The molecule has 174 valence electrons. The summed E-state index contributed by atoms with van der Waals surface area (Å²) in [6.45, 7) is -0.198. The van der Waals surface area contributed by atoms with E-state index in [4.69, 9.17) is 9.47 Å². The smallest absolute Gasteiger partial charge is 0.343 e. The summed E-state index contributed by atoms with van der Waals surface area (Å²) in [5, 5.41) is 3.97. The summed E-state index contributed by atoms with van der Waals surface area (Å²) in [5.41, 5.74) is 5.53. The van der Waals surface area contributed by atoms with Gasteiger partial charge in [0.05, 0.1) is 11.8 Å². The summed E-state index contributed by atoms with van der Waals surface area (Å²) in [6.07, 6.45) is 1.41. The molecule has 1 N–H and O–H groups in total. The molecule has 4 aromatic rings. The molecule has 0 spiro atoms. The number of benzene rings is 4. The van der Waals surface area contributed by atoms with Crippen LogP contribution in [0, 0.1) is 0 Å². The lowest BCUT2D eigenvalue weighted by molar-refractivity contribution is -0.123. The molecule has 6 nitrogen and oxygen atoms in total. The van der Waals surface area contributed by atoms with E-state index in [0.29, 0.717) is 22.6 Å². The monoisotopic (exact) mass is 528 g/mol. The first-order chi connectivity index (χ1) is 17.1. The Kier molecular flexibility index (Phi) is 8.04. The van der Waals surface area contributed by atoms with Gasteiger partial charge in [-0.1, -0.05) is 76.6 Å². The fourth-order valence-electron chi connectivity index (χ4n) is 3.18. The molecular weight excluding hydrogens is 508 g/mol. The van der Waals surface area contributed by atoms with Crippen molar-refractivity contribution in [1.29, 1.82) is 0 Å². The zero-order chi connectivity index (χ0) is 24.5. The third-order valence-electron chi connectivity index (χ3n) is 4.91. The van der Waals surface area contributed by atoms with Crippen molar-refractivity contribution in [2.24, 2.45) is 5.10 Å². The van der Waals surface area contributed by atoms with Gasteiger partial charge in [-0.3, -0.25) is 4.79 Å². The van der Waals surface area contributed by atoms with E-state index in [-0.39, 0.29) is 6.61 Å². The fourth-order valence-corrected chi connectivity index (χ4v) is 3.55. The first kappa shape index (κ1) is 23.9. The average Bonchev–Trinajstić information content (AvgIpc) is 2.90. The maximum atomic E-state index is 12.4. The molecule has 0 radical (unpaired) electrons. The van der Waals surface area contributed by atoms with Crippen molar-refractivity contribution in [3.8, 4) is 22.6 Å². The maximum absolute atomic E-state index is 12.4. The van der Waals surface area contributed by atoms with Crippen molar-refractivity contribution in [1.82, 2.24) is 5.43 Å². The lowest BCUT2D eigenvalue weighted by Gasteiger charge is -2.08. The highest BCUT2D eigenvalue weighted by Gasteiger charge is 2.11. The molecule has 0 saturated heterocycles. The third-order valence-corrected chi connectivity index (χ3v) is 5.40. The second kappa shape index (κ2) is 11.8. The minimum atomic E-state index is -0.488. The quantitative estimate of drug-likeness (QED) is 0.134. The Morgan fingerprint density at radius 1 is 0.829 bits per heavy atom. The number of hydrogen-bond donors (Lipinski definition) is 1. The molecule has 0 heterocycles. The third kappa shape index (κ3) is 6.88. The van der Waals surface area contributed by atoms with Crippen molar-refractivity contribution in [3.05, 3.63) is 119 Å². The number of hydrogen-bond acceptors (Lipinski definition) is 5. The van der Waals surface area contributed by atoms with Crippen LogP contribution in [0.4, 0.5) is 0 Å². The summed E-state index contributed by atoms with van der Waals surface area (Å²) in [4.78, 5) is 24.6. The van der Waals surface area contributed by atoms with Gasteiger partial charge in [0.15, 0.2) is 6.61 Å². The summed E-state index contributed by atoms with van der Waals surface area (Å²) < 4.78 is 11.8. The Hall–Kier alpha value is -4.23. The van der Waals surface area contributed by atoms with E-state index in [9.17, 15) is 9.59 Å². The summed E-state index contributed by atoms with van der Waals surface area (Å²) in [6, 6.07) is 31.3. The predicted octanol–water partition coefficient (Wildman–Crippen LogP) is 5.86. The summed E-state index contributed by atoms with van der Waals surface area (Å²) in [7, 11) is 0. The Balaban J connectivity index is 1.32. The number of carbonyl (C=O) groups is 2. The Morgan fingerprint density at radius 3 is 2.20 bits per heavy atom. The van der Waals surface area contributed by atoms with E-state index in [0.717, 1.165) is 15.6 Å². The highest BCUT2D eigenvalue weighted by molar-refractivity contribution is 9.10. The normalized spacial score (nSPS) is 10.7. The zero-order valence-electron chi connectivity index (χ0n) is 18.6. The standard InChI is InChI=1S/C28H21BrN2O4/c29-24-13-16-26(35-28(33)22-9-5-2-6-10-22)23(17-24)18-30-31-27(32)19-34-25-14-11-21(12-15-25)20-7-3-1-4-8-20/h1-18H,19H2,(H,31,32). The van der Waals surface area contributed by atoms with E-state index in [1.165, 1.54) is 6.21 Å². The van der Waals surface area contributed by atoms with Crippen molar-refractivity contribution in [2.45, 2.75) is 0 Å². The molecule has 0 unspecified atom stereocenters. The van der Waals surface area contributed by atoms with Gasteiger partial charge < -0.3 is 9.47 Å². The van der Waals surface area contributed by atoms with Gasteiger partial charge in [-0.15, -0.1) is 0 Å². The Bertz CT molecular complexity index is 1320. The fraction of sp³-hybridized carbons (Fsp3) is 0.0357. The van der Waals surface area contributed by atoms with E-state index >= 15 is 0 Å². The molecule has 0 fully saturated rings. The van der Waals surface area contributed by atoms with E-state index in [1.807, 2.05) is 60.7 Å². The second-order valence-corrected chi connectivity index (χ2v) is 8.33. The largest absolute Gasteiger partial charge is 0.484 e. The predicted molar refractivity (Wildman–Crippen MR) is 139 cm³/mol. The van der Waals surface area contributed by atoms with E-state index in [2.05, 4.69) is 26.5 Å². The SMILES string of the molecule is O=C(COc1ccc(-c2ccccc2)cc1)NN=Cc1cc(Br)ccc1OC(=O)c1ccccc1. The molecule has 4 rings (SSSR count). The molecule has 4 aromatic carbocycles. The van der Waals surface area contributed by atoms with Gasteiger partial charge in [-0.05, 0) is 53.6 Å². The second-order valence-electron chi connectivity index (χ2n) is 7.41. The van der Waals surface area contributed by atoms with Gasteiger partial charge in [0, 0.05) is 10.0 Å². The van der Waals surface area contributed by atoms with Crippen molar-refractivity contribution in [3.63, 3.8) is 0 Å². The molecule has 7 heteroatoms. The molecule has 0 aromatic heterocycles. The van der Waals surface area contributed by atoms with Crippen LogP contribution in [-0.4, -0.2) is 24.7 Å². The van der Waals surface area contributed by atoms with Gasteiger partial charge in [-0.2, -0.15) is 5.10 Å². The highest BCUT2D eigenvalue weighted by atomic mass is 79.9. The van der Waals surface area contributed by atoms with Gasteiger partial charge in [-0.25, -0.2) is 10.2 Å². The number of hydrazone groups is 1. The van der Waals surface area contributed by atoms with Crippen LogP contribution in [-0.2, 0) is 4.79 Å². The number of esters is 1. The molecule has 0 aliphatic carbocycles. The van der Waals surface area contributed by atoms with Gasteiger partial charge in [0.1, 0.15) is 11.5 Å². The molecule has 0 aliphatic heterocycles. The first-order valence-electron chi connectivity index (χ1n) is 10.8. The van der Waals surface area contributed by atoms with Gasteiger partial charge in [0.2, 0.25) is 0 Å². The first-order valence-corrected chi connectivity index (χ1v) is 11.5. The number of nitrogens with one attached hydrogen (secondary N) is 1. The van der Waals surface area contributed by atoms with Crippen molar-refractivity contribution >= 4 is 34.0 Å². The average molecular weight is 529 g/mol. The topological polar surface area (TPSA) is 77.0 Å². The molecular formula is C28H21BrN2O4. The number of rotatable bonds is 8. The Labute approximate surface area is 211 Å². The number of nitrogens with zero attached hydrogens (tertiary/aromatic N) is 1. The van der Waals surface area contributed by atoms with Crippen molar-refractivity contribution < 1.29 is 19.1 Å². The maximum Gasteiger partial charge on any atom is 0.343 e. The number of ether oxygens (including phenoxy) is 2. The molecule has 0 aliphatic rings. The summed E-state index contributed by atoms with van der Waals surface area (Å²) in [5.74, 6) is -0.0229. The minimum Gasteiger partial charge on any atom is -0.484 e. The number of carbonyl (C=O) groups excluding carboxylic acids is 2. The van der Waals surface area contributed by atoms with Crippen LogP contribution >= 0.6 is 15.9 Å². The van der Waals surface area contributed by atoms with Crippen LogP contribution in [0.2, 0.25) is 0 Å². The lowest BCUT2D eigenvalue weighted by atomic mass is 10.1. The summed E-state index contributed by atoms with van der Waals surface area (Å²) >= 11 is 3.39. The van der Waals surface area contributed by atoms with E-state index in [1.54, 1.807) is 42.5 Å². The van der Waals surface area contributed by atoms with Crippen LogP contribution in [0.3, 0.4) is 0 Å². The van der Waals surface area contributed by atoms with Crippen LogP contribution in [0.25, 0.3) is 11.1 Å². The van der Waals surface area contributed by atoms with Crippen molar-refractivity contribution in [2.75, 3.05) is 6.61 Å². The zero-order valence-corrected chi connectivity index (χ0v) is 20.1. The molecule has 35 heavy (non-hydrogen) atoms. The molecule has 0 saturated carbocycles. The number of halogens is 1. The Morgan fingerprint density at radius 2 is 1.49 bits per heavy atom. The van der Waals surface area contributed by atoms with Crippen LogP contribution in [0.15, 0.2) is 113 Å². The van der Waals surface area contributed by atoms with Gasteiger partial charge in [0.25, 0.3) is 5.91 Å². The van der Waals surface area contributed by atoms with Crippen LogP contribution in [0.1, 0.15) is 15.9 Å².